The smallest absolute Gasteiger partial charge is 0.182 e. The minimum atomic E-state index is 0.489. The SMILES string of the molecule is Cc1ccccc1N(C)c1cc(NC#N)ncn1. The molecule has 0 aliphatic carbocycles. The molecule has 1 aromatic carbocycles. The van der Waals surface area contributed by atoms with Gasteiger partial charge in [-0.15, -0.1) is 0 Å². The molecule has 0 fully saturated rings. The van der Waals surface area contributed by atoms with Crippen molar-refractivity contribution in [2.75, 3.05) is 17.3 Å². The van der Waals surface area contributed by atoms with Crippen molar-refractivity contribution < 1.29 is 0 Å². The second-order valence-electron chi connectivity index (χ2n) is 3.84. The first-order valence-corrected chi connectivity index (χ1v) is 5.49. The number of hydrogen-bond acceptors (Lipinski definition) is 5. The third kappa shape index (κ3) is 2.38. The molecule has 90 valence electrons. The normalized spacial score (nSPS) is 9.61. The molecule has 1 aromatic heterocycles. The summed E-state index contributed by atoms with van der Waals surface area (Å²) in [4.78, 5) is 10.1. The van der Waals surface area contributed by atoms with Gasteiger partial charge >= 0.3 is 0 Å². The van der Waals surface area contributed by atoms with Crippen molar-refractivity contribution in [3.8, 4) is 6.19 Å². The van der Waals surface area contributed by atoms with Gasteiger partial charge in [0.05, 0.1) is 0 Å². The van der Waals surface area contributed by atoms with Gasteiger partial charge in [-0.1, -0.05) is 18.2 Å². The number of para-hydroxylation sites is 1. The summed E-state index contributed by atoms with van der Waals surface area (Å²) >= 11 is 0. The second-order valence-corrected chi connectivity index (χ2v) is 3.84. The molecule has 0 aliphatic heterocycles. The molecule has 0 atom stereocenters. The standard InChI is InChI=1S/C13H13N5/c1-10-5-3-4-6-11(10)18(2)13-7-12(15-8-14)16-9-17-13/h3-7,9H,1-2H3,(H,15,16,17). The molecular formula is C13H13N5. The average molecular weight is 239 g/mol. The van der Waals surface area contributed by atoms with Crippen molar-refractivity contribution in [1.82, 2.24) is 9.97 Å². The first kappa shape index (κ1) is 11.9. The summed E-state index contributed by atoms with van der Waals surface area (Å²) < 4.78 is 0. The van der Waals surface area contributed by atoms with Crippen LogP contribution in [-0.2, 0) is 0 Å². The van der Waals surface area contributed by atoms with Gasteiger partial charge in [-0.05, 0) is 18.6 Å². The second kappa shape index (κ2) is 5.15. The Morgan fingerprint density at radius 3 is 2.78 bits per heavy atom. The lowest BCUT2D eigenvalue weighted by atomic mass is 10.2. The van der Waals surface area contributed by atoms with Crippen LogP contribution in [0.25, 0.3) is 0 Å². The molecule has 0 saturated heterocycles. The molecule has 18 heavy (non-hydrogen) atoms. The molecule has 0 bridgehead atoms. The number of hydrogen-bond donors (Lipinski definition) is 1. The fourth-order valence-electron chi connectivity index (χ4n) is 1.72. The zero-order valence-corrected chi connectivity index (χ0v) is 10.3. The highest BCUT2D eigenvalue weighted by molar-refractivity contribution is 5.64. The van der Waals surface area contributed by atoms with E-state index in [0.717, 1.165) is 17.1 Å². The van der Waals surface area contributed by atoms with Gasteiger partial charge in [0.15, 0.2) is 6.19 Å². The minimum absolute atomic E-state index is 0.489. The first-order valence-electron chi connectivity index (χ1n) is 5.49. The lowest BCUT2D eigenvalue weighted by molar-refractivity contribution is 1.07. The molecule has 0 amide bonds. The van der Waals surface area contributed by atoms with Crippen LogP contribution in [0.15, 0.2) is 36.7 Å². The third-order valence-electron chi connectivity index (χ3n) is 2.66. The van der Waals surface area contributed by atoms with Crippen molar-refractivity contribution in [3.05, 3.63) is 42.2 Å². The summed E-state index contributed by atoms with van der Waals surface area (Å²) in [5, 5.41) is 11.1. The van der Waals surface area contributed by atoms with E-state index in [2.05, 4.69) is 15.3 Å². The van der Waals surface area contributed by atoms with E-state index in [9.17, 15) is 0 Å². The third-order valence-corrected chi connectivity index (χ3v) is 2.66. The van der Waals surface area contributed by atoms with Gasteiger partial charge in [-0.25, -0.2) is 9.97 Å². The Morgan fingerprint density at radius 2 is 2.06 bits per heavy atom. The largest absolute Gasteiger partial charge is 0.329 e. The molecule has 0 aliphatic rings. The summed E-state index contributed by atoms with van der Waals surface area (Å²) in [6.45, 7) is 2.04. The summed E-state index contributed by atoms with van der Waals surface area (Å²) in [5.74, 6) is 1.22. The average Bonchev–Trinajstić information content (AvgIpc) is 2.39. The van der Waals surface area contributed by atoms with Crippen LogP contribution in [0.3, 0.4) is 0 Å². The number of aryl methyl sites for hydroxylation is 1. The van der Waals surface area contributed by atoms with Gasteiger partial charge in [-0.3, -0.25) is 5.32 Å². The van der Waals surface area contributed by atoms with E-state index in [0.29, 0.717) is 5.82 Å². The van der Waals surface area contributed by atoms with Crippen molar-refractivity contribution in [2.24, 2.45) is 0 Å². The number of benzene rings is 1. The summed E-state index contributed by atoms with van der Waals surface area (Å²) in [5.41, 5.74) is 2.23. The number of nitrogens with zero attached hydrogens (tertiary/aromatic N) is 4. The van der Waals surface area contributed by atoms with E-state index < -0.39 is 0 Å². The molecule has 1 N–H and O–H groups in total. The lowest BCUT2D eigenvalue weighted by Crippen LogP contribution is -2.13. The highest BCUT2D eigenvalue weighted by Crippen LogP contribution is 2.25. The van der Waals surface area contributed by atoms with Crippen LogP contribution in [-0.4, -0.2) is 17.0 Å². The van der Waals surface area contributed by atoms with E-state index in [4.69, 9.17) is 5.26 Å². The Morgan fingerprint density at radius 1 is 1.28 bits per heavy atom. The van der Waals surface area contributed by atoms with Crippen molar-refractivity contribution in [1.29, 1.82) is 5.26 Å². The van der Waals surface area contributed by atoms with E-state index in [1.807, 2.05) is 49.3 Å². The van der Waals surface area contributed by atoms with E-state index in [1.54, 1.807) is 6.07 Å². The molecule has 2 rings (SSSR count). The zero-order chi connectivity index (χ0) is 13.0. The van der Waals surface area contributed by atoms with Gasteiger partial charge in [0.2, 0.25) is 0 Å². The van der Waals surface area contributed by atoms with Gasteiger partial charge in [0, 0.05) is 18.8 Å². The molecule has 5 heteroatoms. The van der Waals surface area contributed by atoms with Crippen LogP contribution in [0.1, 0.15) is 5.56 Å². The number of rotatable bonds is 3. The molecule has 2 aromatic rings. The van der Waals surface area contributed by atoms with Gasteiger partial charge < -0.3 is 4.90 Å². The fourth-order valence-corrected chi connectivity index (χ4v) is 1.72. The molecule has 0 saturated carbocycles. The van der Waals surface area contributed by atoms with Gasteiger partial charge in [0.25, 0.3) is 0 Å². The van der Waals surface area contributed by atoms with E-state index in [1.165, 1.54) is 6.33 Å². The molecular weight excluding hydrogens is 226 g/mol. The van der Waals surface area contributed by atoms with Crippen LogP contribution < -0.4 is 10.2 Å². The topological polar surface area (TPSA) is 64.8 Å². The van der Waals surface area contributed by atoms with Crippen LogP contribution in [0, 0.1) is 18.4 Å². The van der Waals surface area contributed by atoms with Crippen molar-refractivity contribution in [3.63, 3.8) is 0 Å². The molecule has 5 nitrogen and oxygen atoms in total. The lowest BCUT2D eigenvalue weighted by Gasteiger charge is -2.20. The minimum Gasteiger partial charge on any atom is -0.329 e. The van der Waals surface area contributed by atoms with Crippen molar-refractivity contribution in [2.45, 2.75) is 6.92 Å². The maximum Gasteiger partial charge on any atom is 0.182 e. The van der Waals surface area contributed by atoms with Crippen LogP contribution >= 0.6 is 0 Å². The summed E-state index contributed by atoms with van der Waals surface area (Å²) in [7, 11) is 1.93. The van der Waals surface area contributed by atoms with E-state index >= 15 is 0 Å². The Hall–Kier alpha value is -2.61. The number of nitriles is 1. The predicted octanol–water partition coefficient (Wildman–Crippen LogP) is 2.45. The predicted molar refractivity (Wildman–Crippen MR) is 70.5 cm³/mol. The molecule has 0 unspecified atom stereocenters. The van der Waals surface area contributed by atoms with Crippen LogP contribution in [0.5, 0.6) is 0 Å². The van der Waals surface area contributed by atoms with Crippen LogP contribution in [0.4, 0.5) is 17.3 Å². The quantitative estimate of drug-likeness (QED) is 0.658. The van der Waals surface area contributed by atoms with E-state index in [-0.39, 0.29) is 0 Å². The number of anilines is 3. The summed E-state index contributed by atoms with van der Waals surface area (Å²) in [6, 6.07) is 9.77. The van der Waals surface area contributed by atoms with Gasteiger partial charge in [-0.2, -0.15) is 5.26 Å². The maximum absolute atomic E-state index is 8.58. The molecule has 0 radical (unpaired) electrons. The number of nitrogens with one attached hydrogen (secondary N) is 1. The molecule has 1 heterocycles. The summed E-state index contributed by atoms with van der Waals surface area (Å²) in [6.07, 6.45) is 3.28. The molecule has 0 spiro atoms. The first-order chi connectivity index (χ1) is 8.72. The Labute approximate surface area is 106 Å². The Kier molecular flexibility index (Phi) is 3.39. The Balaban J connectivity index is 2.34. The Bertz CT molecular complexity index is 588. The van der Waals surface area contributed by atoms with Gasteiger partial charge in [0.1, 0.15) is 18.0 Å². The van der Waals surface area contributed by atoms with Crippen LogP contribution in [0.2, 0.25) is 0 Å². The monoisotopic (exact) mass is 239 g/mol. The highest BCUT2D eigenvalue weighted by Gasteiger charge is 2.08. The fraction of sp³-hybridized carbons (Fsp3) is 0.154. The highest BCUT2D eigenvalue weighted by atomic mass is 15.2. The number of aromatic nitrogens is 2. The zero-order valence-electron chi connectivity index (χ0n) is 10.3. The van der Waals surface area contributed by atoms with Crippen molar-refractivity contribution >= 4 is 17.3 Å². The maximum atomic E-state index is 8.58.